The predicted molar refractivity (Wildman–Crippen MR) is 70.4 cm³/mol. The smallest absolute Gasteiger partial charge is 0.327 e. The Bertz CT molecular complexity index is 362. The van der Waals surface area contributed by atoms with Gasteiger partial charge >= 0.3 is 5.97 Å². The molecule has 1 atom stereocenters. The van der Waals surface area contributed by atoms with Crippen molar-refractivity contribution >= 4 is 5.97 Å². The van der Waals surface area contributed by atoms with Gasteiger partial charge in [0.25, 0.3) is 0 Å². The van der Waals surface area contributed by atoms with E-state index in [0.29, 0.717) is 13.2 Å². The van der Waals surface area contributed by atoms with E-state index in [1.165, 1.54) is 0 Å². The van der Waals surface area contributed by atoms with Gasteiger partial charge in [-0.05, 0) is 31.0 Å². The van der Waals surface area contributed by atoms with Crippen molar-refractivity contribution < 1.29 is 14.3 Å². The second kappa shape index (κ2) is 7.71. The van der Waals surface area contributed by atoms with Crippen molar-refractivity contribution in [2.45, 2.75) is 32.7 Å². The largest absolute Gasteiger partial charge is 0.494 e. The van der Waals surface area contributed by atoms with Gasteiger partial charge in [0.05, 0.1) is 13.2 Å². The monoisotopic (exact) mass is 251 g/mol. The fourth-order valence-corrected chi connectivity index (χ4v) is 1.47. The van der Waals surface area contributed by atoms with E-state index in [9.17, 15) is 4.79 Å². The Morgan fingerprint density at radius 1 is 1.28 bits per heavy atom. The molecule has 0 unspecified atom stereocenters. The molecule has 1 rings (SSSR count). The maximum atomic E-state index is 11.5. The van der Waals surface area contributed by atoms with Gasteiger partial charge in [-0.1, -0.05) is 25.5 Å². The van der Waals surface area contributed by atoms with Gasteiger partial charge in [0.15, 0.2) is 0 Å². The van der Waals surface area contributed by atoms with E-state index in [1.807, 2.05) is 12.1 Å². The van der Waals surface area contributed by atoms with Crippen LogP contribution in [0.2, 0.25) is 0 Å². The molecule has 2 N–H and O–H groups in total. The summed E-state index contributed by atoms with van der Waals surface area (Å²) in [7, 11) is 0. The number of carbonyl (C=O) groups is 1. The molecule has 100 valence electrons. The van der Waals surface area contributed by atoms with Crippen molar-refractivity contribution in [2.75, 3.05) is 13.2 Å². The van der Waals surface area contributed by atoms with E-state index in [-0.39, 0.29) is 0 Å². The van der Waals surface area contributed by atoms with E-state index in [2.05, 4.69) is 6.92 Å². The molecule has 0 spiro atoms. The van der Waals surface area contributed by atoms with Crippen LogP contribution in [0.25, 0.3) is 0 Å². The average molecular weight is 251 g/mol. The minimum Gasteiger partial charge on any atom is -0.494 e. The fraction of sp³-hybridized carbons (Fsp3) is 0.500. The lowest BCUT2D eigenvalue weighted by Crippen LogP contribution is -2.23. The third-order valence-corrected chi connectivity index (χ3v) is 2.55. The van der Waals surface area contributed by atoms with Crippen LogP contribution in [0, 0.1) is 0 Å². The lowest BCUT2D eigenvalue weighted by Gasteiger charge is -2.11. The number of benzene rings is 1. The molecule has 1 aromatic carbocycles. The molecule has 0 saturated carbocycles. The van der Waals surface area contributed by atoms with Crippen molar-refractivity contribution in [3.63, 3.8) is 0 Å². The summed E-state index contributed by atoms with van der Waals surface area (Å²) in [4.78, 5) is 11.5. The van der Waals surface area contributed by atoms with E-state index in [1.54, 1.807) is 19.1 Å². The molecule has 0 aliphatic rings. The predicted octanol–water partition coefficient (Wildman–Crippen LogP) is 2.43. The number of esters is 1. The van der Waals surface area contributed by atoms with Gasteiger partial charge < -0.3 is 15.2 Å². The summed E-state index contributed by atoms with van der Waals surface area (Å²) in [6.07, 6.45) is 2.13. The molecule has 0 radical (unpaired) electrons. The molecule has 0 fully saturated rings. The maximum Gasteiger partial charge on any atom is 0.327 e. The normalized spacial score (nSPS) is 11.9. The molecule has 0 aliphatic heterocycles. The summed E-state index contributed by atoms with van der Waals surface area (Å²) in [6, 6.07) is 6.51. The van der Waals surface area contributed by atoms with Crippen LogP contribution < -0.4 is 10.5 Å². The molecule has 0 saturated heterocycles. The van der Waals surface area contributed by atoms with Gasteiger partial charge in [-0.25, -0.2) is 4.79 Å². The van der Waals surface area contributed by atoms with Gasteiger partial charge in [-0.3, -0.25) is 0 Å². The summed E-state index contributed by atoms with van der Waals surface area (Å²) in [5.41, 5.74) is 6.51. The van der Waals surface area contributed by atoms with Crippen molar-refractivity contribution in [1.29, 1.82) is 0 Å². The zero-order chi connectivity index (χ0) is 13.4. The lowest BCUT2D eigenvalue weighted by molar-refractivity contribution is -0.144. The highest BCUT2D eigenvalue weighted by atomic mass is 16.5. The van der Waals surface area contributed by atoms with Crippen molar-refractivity contribution in [2.24, 2.45) is 5.73 Å². The third-order valence-electron chi connectivity index (χ3n) is 2.55. The van der Waals surface area contributed by atoms with Gasteiger partial charge in [-0.2, -0.15) is 0 Å². The first-order valence-electron chi connectivity index (χ1n) is 6.34. The van der Waals surface area contributed by atoms with Crippen molar-refractivity contribution in [3.8, 4) is 5.75 Å². The average Bonchev–Trinajstić information content (AvgIpc) is 2.39. The highest BCUT2D eigenvalue weighted by Gasteiger charge is 2.16. The molecular weight excluding hydrogens is 230 g/mol. The van der Waals surface area contributed by atoms with Crippen LogP contribution in [0.3, 0.4) is 0 Å². The third kappa shape index (κ3) is 4.37. The topological polar surface area (TPSA) is 61.5 Å². The van der Waals surface area contributed by atoms with E-state index in [4.69, 9.17) is 15.2 Å². The highest BCUT2D eigenvalue weighted by molar-refractivity contribution is 5.77. The van der Waals surface area contributed by atoms with Crippen LogP contribution in [0.5, 0.6) is 5.75 Å². The molecule has 0 aromatic heterocycles. The van der Waals surface area contributed by atoms with Gasteiger partial charge in [0, 0.05) is 0 Å². The molecule has 1 aromatic rings. The number of carbonyl (C=O) groups excluding carboxylic acids is 1. The Morgan fingerprint density at radius 2 is 1.94 bits per heavy atom. The Hall–Kier alpha value is -1.55. The summed E-state index contributed by atoms with van der Waals surface area (Å²) in [5.74, 6) is 0.389. The van der Waals surface area contributed by atoms with Crippen LogP contribution >= 0.6 is 0 Å². The number of hydrogen-bond acceptors (Lipinski definition) is 4. The number of unbranched alkanes of at least 4 members (excludes halogenated alkanes) is 1. The van der Waals surface area contributed by atoms with Gasteiger partial charge in [-0.15, -0.1) is 0 Å². The Kier molecular flexibility index (Phi) is 6.22. The van der Waals surface area contributed by atoms with Gasteiger partial charge in [0.2, 0.25) is 0 Å². The Labute approximate surface area is 108 Å². The van der Waals surface area contributed by atoms with Crippen LogP contribution in [0.15, 0.2) is 24.3 Å². The molecule has 0 bridgehead atoms. The van der Waals surface area contributed by atoms with Crippen molar-refractivity contribution in [1.82, 2.24) is 0 Å². The van der Waals surface area contributed by atoms with E-state index in [0.717, 1.165) is 24.2 Å². The number of rotatable bonds is 7. The first kappa shape index (κ1) is 14.5. The number of nitrogens with two attached hydrogens (primary N) is 1. The molecule has 18 heavy (non-hydrogen) atoms. The zero-order valence-electron chi connectivity index (χ0n) is 11.0. The van der Waals surface area contributed by atoms with E-state index >= 15 is 0 Å². The molecule has 0 aliphatic carbocycles. The summed E-state index contributed by atoms with van der Waals surface area (Å²) >= 11 is 0. The standard InChI is InChI=1S/C14H21NO3/c1-3-5-10-18-12-8-6-11(7-9-12)13(15)14(16)17-4-2/h6-9,13H,3-5,10,15H2,1-2H3/t13-/m0/s1. The summed E-state index contributed by atoms with van der Waals surface area (Å²) in [5, 5.41) is 0. The lowest BCUT2D eigenvalue weighted by atomic mass is 10.1. The Morgan fingerprint density at radius 3 is 2.50 bits per heavy atom. The second-order valence-corrected chi connectivity index (χ2v) is 4.00. The first-order valence-corrected chi connectivity index (χ1v) is 6.34. The Balaban J connectivity index is 2.56. The molecular formula is C14H21NO3. The fourth-order valence-electron chi connectivity index (χ4n) is 1.47. The molecule has 4 heteroatoms. The van der Waals surface area contributed by atoms with Gasteiger partial charge in [0.1, 0.15) is 11.8 Å². The van der Waals surface area contributed by atoms with Crippen LogP contribution in [-0.2, 0) is 9.53 Å². The molecule has 0 heterocycles. The summed E-state index contributed by atoms with van der Waals surface area (Å²) < 4.78 is 10.4. The number of ether oxygens (including phenoxy) is 2. The molecule has 0 amide bonds. The zero-order valence-corrected chi connectivity index (χ0v) is 11.0. The van der Waals surface area contributed by atoms with Crippen LogP contribution in [0.4, 0.5) is 0 Å². The quantitative estimate of drug-likeness (QED) is 0.597. The highest BCUT2D eigenvalue weighted by Crippen LogP contribution is 2.17. The van der Waals surface area contributed by atoms with Crippen LogP contribution in [-0.4, -0.2) is 19.2 Å². The first-order chi connectivity index (χ1) is 8.69. The van der Waals surface area contributed by atoms with Crippen molar-refractivity contribution in [3.05, 3.63) is 29.8 Å². The maximum absolute atomic E-state index is 11.5. The van der Waals surface area contributed by atoms with Crippen LogP contribution in [0.1, 0.15) is 38.3 Å². The number of hydrogen-bond donors (Lipinski definition) is 1. The second-order valence-electron chi connectivity index (χ2n) is 4.00. The summed E-state index contributed by atoms with van der Waals surface area (Å²) in [6.45, 7) is 4.92. The minimum absolute atomic E-state index is 0.338. The minimum atomic E-state index is -0.727. The van der Waals surface area contributed by atoms with E-state index < -0.39 is 12.0 Å². The SMILES string of the molecule is CCCCOc1ccc([C@H](N)C(=O)OCC)cc1. The molecule has 4 nitrogen and oxygen atoms in total.